The van der Waals surface area contributed by atoms with Crippen LogP contribution < -0.4 is 15.2 Å². The third-order valence-electron chi connectivity index (χ3n) is 3.70. The van der Waals surface area contributed by atoms with E-state index in [0.717, 1.165) is 22.7 Å². The van der Waals surface area contributed by atoms with Crippen molar-refractivity contribution in [2.45, 2.75) is 13.0 Å². The van der Waals surface area contributed by atoms with Gasteiger partial charge in [0, 0.05) is 16.8 Å². The molecule has 2 N–H and O–H groups in total. The predicted molar refractivity (Wildman–Crippen MR) is 102 cm³/mol. The third-order valence-corrected chi connectivity index (χ3v) is 4.85. The molecule has 5 nitrogen and oxygen atoms in total. The molecule has 1 aromatic heterocycles. The van der Waals surface area contributed by atoms with Crippen molar-refractivity contribution in [2.75, 3.05) is 7.11 Å². The molecule has 0 atom stereocenters. The van der Waals surface area contributed by atoms with Crippen molar-refractivity contribution in [3.63, 3.8) is 0 Å². The molecule has 3 rings (SSSR count). The Hall–Kier alpha value is -2.57. The zero-order chi connectivity index (χ0) is 18.5. The monoisotopic (exact) mass is 388 g/mol. The van der Waals surface area contributed by atoms with Gasteiger partial charge in [-0.15, -0.1) is 11.3 Å². The van der Waals surface area contributed by atoms with E-state index in [4.69, 9.17) is 26.8 Å². The maximum atomic E-state index is 11.6. The molecule has 0 aliphatic carbocycles. The van der Waals surface area contributed by atoms with Gasteiger partial charge in [-0.1, -0.05) is 23.7 Å². The standard InChI is InChI=1S/C19H17ClN2O3S/c1-24-15-6-7-17(16(9-15)19(21)23)25-10-14-11-26-18(22-14)8-12-2-4-13(20)5-3-12/h2-7,9,11H,8,10H2,1H3,(H2,21,23). The van der Waals surface area contributed by atoms with Crippen LogP contribution in [0.3, 0.4) is 0 Å². The molecule has 26 heavy (non-hydrogen) atoms. The second-order valence-corrected chi connectivity index (χ2v) is 6.93. The highest BCUT2D eigenvalue weighted by Crippen LogP contribution is 2.25. The number of benzene rings is 2. The molecule has 0 radical (unpaired) electrons. The van der Waals surface area contributed by atoms with Crippen molar-refractivity contribution < 1.29 is 14.3 Å². The summed E-state index contributed by atoms with van der Waals surface area (Å²) in [4.78, 5) is 16.2. The van der Waals surface area contributed by atoms with Crippen molar-refractivity contribution in [3.8, 4) is 11.5 Å². The quantitative estimate of drug-likeness (QED) is 0.662. The number of nitrogens with two attached hydrogens (primary N) is 1. The maximum Gasteiger partial charge on any atom is 0.252 e. The van der Waals surface area contributed by atoms with E-state index in [1.807, 2.05) is 29.6 Å². The van der Waals surface area contributed by atoms with E-state index in [9.17, 15) is 4.79 Å². The van der Waals surface area contributed by atoms with Gasteiger partial charge in [-0.2, -0.15) is 0 Å². The second kappa shape index (κ2) is 8.21. The molecule has 0 spiro atoms. The van der Waals surface area contributed by atoms with Gasteiger partial charge < -0.3 is 15.2 Å². The fraction of sp³-hybridized carbons (Fsp3) is 0.158. The van der Waals surface area contributed by atoms with Gasteiger partial charge in [-0.25, -0.2) is 4.98 Å². The molecule has 0 bridgehead atoms. The van der Waals surface area contributed by atoms with Crippen LogP contribution >= 0.6 is 22.9 Å². The summed E-state index contributed by atoms with van der Waals surface area (Å²) in [6.07, 6.45) is 0.733. The summed E-state index contributed by atoms with van der Waals surface area (Å²) in [5.74, 6) is 0.385. The fourth-order valence-electron chi connectivity index (χ4n) is 2.38. The van der Waals surface area contributed by atoms with E-state index in [2.05, 4.69) is 4.98 Å². The Morgan fingerprint density at radius 1 is 1.23 bits per heavy atom. The van der Waals surface area contributed by atoms with Crippen LogP contribution in [0.2, 0.25) is 5.02 Å². The zero-order valence-electron chi connectivity index (χ0n) is 14.1. The van der Waals surface area contributed by atoms with Gasteiger partial charge in [0.1, 0.15) is 18.1 Å². The van der Waals surface area contributed by atoms with Gasteiger partial charge in [-0.3, -0.25) is 4.79 Å². The first-order chi connectivity index (χ1) is 12.5. The van der Waals surface area contributed by atoms with Gasteiger partial charge in [0.15, 0.2) is 0 Å². The first kappa shape index (κ1) is 18.2. The molecule has 0 unspecified atom stereocenters. The first-order valence-corrected chi connectivity index (χ1v) is 9.09. The van der Waals surface area contributed by atoms with Crippen LogP contribution in [0, 0.1) is 0 Å². The van der Waals surface area contributed by atoms with Crippen LogP contribution in [0.1, 0.15) is 26.6 Å². The Balaban J connectivity index is 1.66. The highest BCUT2D eigenvalue weighted by atomic mass is 35.5. The third kappa shape index (κ3) is 4.53. The number of primary amides is 1. The molecular weight excluding hydrogens is 372 g/mol. The lowest BCUT2D eigenvalue weighted by molar-refractivity contribution is 0.0995. The molecule has 0 aliphatic heterocycles. The second-order valence-electron chi connectivity index (χ2n) is 5.55. The Morgan fingerprint density at radius 2 is 2.00 bits per heavy atom. The zero-order valence-corrected chi connectivity index (χ0v) is 15.6. The summed E-state index contributed by atoms with van der Waals surface area (Å²) in [6.45, 7) is 0.254. The molecule has 134 valence electrons. The summed E-state index contributed by atoms with van der Waals surface area (Å²) in [5, 5.41) is 3.64. The summed E-state index contributed by atoms with van der Waals surface area (Å²) >= 11 is 7.47. The number of rotatable bonds is 7. The number of carbonyl (C=O) groups is 1. The number of methoxy groups -OCH3 is 1. The minimum Gasteiger partial charge on any atom is -0.497 e. The Morgan fingerprint density at radius 3 is 2.69 bits per heavy atom. The van der Waals surface area contributed by atoms with Crippen LogP contribution in [0.15, 0.2) is 47.8 Å². The molecule has 1 heterocycles. The van der Waals surface area contributed by atoms with Crippen LogP contribution in [0.5, 0.6) is 11.5 Å². The van der Waals surface area contributed by atoms with Gasteiger partial charge >= 0.3 is 0 Å². The lowest BCUT2D eigenvalue weighted by Crippen LogP contribution is -2.13. The van der Waals surface area contributed by atoms with E-state index in [1.54, 1.807) is 29.5 Å². The number of hydrogen-bond donors (Lipinski definition) is 1. The largest absolute Gasteiger partial charge is 0.497 e. The van der Waals surface area contributed by atoms with E-state index in [0.29, 0.717) is 16.5 Å². The van der Waals surface area contributed by atoms with Crippen molar-refractivity contribution in [1.82, 2.24) is 4.98 Å². The van der Waals surface area contributed by atoms with E-state index in [-0.39, 0.29) is 12.2 Å². The SMILES string of the molecule is COc1ccc(OCc2csc(Cc3ccc(Cl)cc3)n2)c(C(N)=O)c1. The number of carbonyl (C=O) groups excluding carboxylic acids is 1. The Kier molecular flexibility index (Phi) is 5.75. The van der Waals surface area contributed by atoms with Gasteiger partial charge in [0.25, 0.3) is 5.91 Å². The van der Waals surface area contributed by atoms with Crippen molar-refractivity contribution in [1.29, 1.82) is 0 Å². The fourth-order valence-corrected chi connectivity index (χ4v) is 3.32. The molecule has 7 heteroatoms. The van der Waals surface area contributed by atoms with Gasteiger partial charge in [-0.05, 0) is 35.9 Å². The Labute approximate surface area is 160 Å². The average molecular weight is 389 g/mol. The summed E-state index contributed by atoms with van der Waals surface area (Å²) in [5.41, 5.74) is 7.63. The van der Waals surface area contributed by atoms with Crippen LogP contribution in [-0.2, 0) is 13.0 Å². The summed E-state index contributed by atoms with van der Waals surface area (Å²) in [6, 6.07) is 12.6. The van der Waals surface area contributed by atoms with Gasteiger partial charge in [0.05, 0.1) is 23.4 Å². The van der Waals surface area contributed by atoms with E-state index >= 15 is 0 Å². The molecule has 0 saturated heterocycles. The highest BCUT2D eigenvalue weighted by molar-refractivity contribution is 7.09. The predicted octanol–water partition coefficient (Wildman–Crippen LogP) is 4.07. The average Bonchev–Trinajstić information content (AvgIpc) is 3.09. The Bertz CT molecular complexity index is 909. The maximum absolute atomic E-state index is 11.6. The van der Waals surface area contributed by atoms with Crippen LogP contribution in [-0.4, -0.2) is 18.0 Å². The number of aromatic nitrogens is 1. The summed E-state index contributed by atoms with van der Waals surface area (Å²) in [7, 11) is 1.53. The number of ether oxygens (including phenoxy) is 2. The summed E-state index contributed by atoms with van der Waals surface area (Å²) < 4.78 is 10.8. The minimum absolute atomic E-state index is 0.254. The lowest BCUT2D eigenvalue weighted by Gasteiger charge is -2.10. The molecule has 0 saturated carbocycles. The van der Waals surface area contributed by atoms with Crippen molar-refractivity contribution >= 4 is 28.8 Å². The van der Waals surface area contributed by atoms with Crippen molar-refractivity contribution in [3.05, 3.63) is 74.7 Å². The lowest BCUT2D eigenvalue weighted by atomic mass is 10.2. The molecule has 3 aromatic rings. The number of hydrogen-bond acceptors (Lipinski definition) is 5. The topological polar surface area (TPSA) is 74.4 Å². The normalized spacial score (nSPS) is 10.5. The molecular formula is C19H17ClN2O3S. The minimum atomic E-state index is -0.569. The molecule has 2 aromatic carbocycles. The number of thiazole rings is 1. The number of nitrogens with zero attached hydrogens (tertiary/aromatic N) is 1. The van der Waals surface area contributed by atoms with Crippen molar-refractivity contribution in [2.24, 2.45) is 5.73 Å². The van der Waals surface area contributed by atoms with E-state index < -0.39 is 5.91 Å². The van der Waals surface area contributed by atoms with Crippen LogP contribution in [0.4, 0.5) is 0 Å². The number of halogens is 1. The molecule has 1 amide bonds. The van der Waals surface area contributed by atoms with Crippen LogP contribution in [0.25, 0.3) is 0 Å². The highest BCUT2D eigenvalue weighted by Gasteiger charge is 2.12. The van der Waals surface area contributed by atoms with Gasteiger partial charge in [0.2, 0.25) is 0 Å². The van der Waals surface area contributed by atoms with E-state index in [1.165, 1.54) is 7.11 Å². The smallest absolute Gasteiger partial charge is 0.252 e. The molecule has 0 fully saturated rings. The first-order valence-electron chi connectivity index (χ1n) is 7.83. The number of amides is 1. The molecule has 0 aliphatic rings.